The standard InChI is InChI=1S/C25H28N4O5S3/c1-2-34-23(31)19-11-13-29(14-12-19)37(32,33)21-10-6-9-20(15-21)22(30)16-26-24-27-25(28-36-24)35-17-18-7-4-3-5-8-18/h3-10,15,19H,2,11-14,16-17H2,1H3,(H,26,27,28). The number of esters is 1. The largest absolute Gasteiger partial charge is 0.466 e. The summed E-state index contributed by atoms with van der Waals surface area (Å²) in [6, 6.07) is 16.1. The quantitative estimate of drug-likeness (QED) is 0.210. The summed E-state index contributed by atoms with van der Waals surface area (Å²) in [6.45, 7) is 2.48. The van der Waals surface area contributed by atoms with Crippen LogP contribution in [-0.4, -0.2) is 60.1 Å². The van der Waals surface area contributed by atoms with E-state index in [0.717, 1.165) is 5.75 Å². The summed E-state index contributed by atoms with van der Waals surface area (Å²) < 4.78 is 37.1. The molecule has 12 heteroatoms. The van der Waals surface area contributed by atoms with Gasteiger partial charge in [0.2, 0.25) is 20.3 Å². The minimum atomic E-state index is -3.79. The summed E-state index contributed by atoms with van der Waals surface area (Å²) in [5, 5.41) is 4.14. The van der Waals surface area contributed by atoms with Crippen LogP contribution in [0.5, 0.6) is 0 Å². The minimum absolute atomic E-state index is 0.0353. The van der Waals surface area contributed by atoms with Crippen LogP contribution in [-0.2, 0) is 25.3 Å². The predicted octanol–water partition coefficient (Wildman–Crippen LogP) is 4.09. The van der Waals surface area contributed by atoms with Gasteiger partial charge in [0, 0.05) is 35.9 Å². The first-order chi connectivity index (χ1) is 17.9. The van der Waals surface area contributed by atoms with E-state index in [1.165, 1.54) is 45.3 Å². The van der Waals surface area contributed by atoms with Crippen molar-refractivity contribution in [2.75, 3.05) is 31.6 Å². The highest BCUT2D eigenvalue weighted by Crippen LogP contribution is 2.26. The third-order valence-corrected chi connectivity index (χ3v) is 9.49. The van der Waals surface area contributed by atoms with Crippen molar-refractivity contribution in [3.8, 4) is 0 Å². The molecule has 4 rings (SSSR count). The summed E-state index contributed by atoms with van der Waals surface area (Å²) in [5.74, 6) is -0.0794. The van der Waals surface area contributed by atoms with Gasteiger partial charge < -0.3 is 10.1 Å². The highest BCUT2D eigenvalue weighted by molar-refractivity contribution is 7.98. The summed E-state index contributed by atoms with van der Waals surface area (Å²) in [6.07, 6.45) is 0.822. The first-order valence-corrected chi connectivity index (χ1v) is 15.1. The topological polar surface area (TPSA) is 119 Å². The van der Waals surface area contributed by atoms with Crippen LogP contribution in [0.15, 0.2) is 64.6 Å². The Balaban J connectivity index is 1.32. The second-order valence-electron chi connectivity index (χ2n) is 8.39. The van der Waals surface area contributed by atoms with Gasteiger partial charge >= 0.3 is 5.97 Å². The molecule has 196 valence electrons. The normalized spacial score (nSPS) is 14.8. The van der Waals surface area contributed by atoms with E-state index >= 15 is 0 Å². The number of Topliss-reactive ketones (excluding diaryl/α,β-unsaturated/α-hetero) is 1. The van der Waals surface area contributed by atoms with Gasteiger partial charge in [0.05, 0.1) is 24.0 Å². The van der Waals surface area contributed by atoms with Crippen molar-refractivity contribution in [1.82, 2.24) is 13.7 Å². The summed E-state index contributed by atoms with van der Waals surface area (Å²) >= 11 is 2.69. The minimum Gasteiger partial charge on any atom is -0.466 e. The smallest absolute Gasteiger partial charge is 0.309 e. The summed E-state index contributed by atoms with van der Waals surface area (Å²) in [7, 11) is -3.79. The number of benzene rings is 2. The maximum Gasteiger partial charge on any atom is 0.309 e. The number of nitrogens with zero attached hydrogens (tertiary/aromatic N) is 3. The van der Waals surface area contributed by atoms with Crippen molar-refractivity contribution in [3.63, 3.8) is 0 Å². The number of nitrogens with one attached hydrogen (secondary N) is 1. The third kappa shape index (κ3) is 7.16. The van der Waals surface area contributed by atoms with Gasteiger partial charge in [-0.05, 0) is 37.5 Å². The van der Waals surface area contributed by atoms with Crippen LogP contribution >= 0.6 is 23.3 Å². The van der Waals surface area contributed by atoms with Crippen LogP contribution in [0, 0.1) is 5.92 Å². The number of sulfonamides is 1. The van der Waals surface area contributed by atoms with Crippen molar-refractivity contribution in [2.24, 2.45) is 5.92 Å². The van der Waals surface area contributed by atoms with E-state index < -0.39 is 10.0 Å². The maximum atomic E-state index is 13.2. The van der Waals surface area contributed by atoms with Crippen molar-refractivity contribution < 1.29 is 22.7 Å². The zero-order valence-electron chi connectivity index (χ0n) is 20.3. The number of anilines is 1. The SMILES string of the molecule is CCOC(=O)C1CCN(S(=O)(=O)c2cccc(C(=O)CNc3nc(SCc4ccccc4)ns3)c2)CC1. The van der Waals surface area contributed by atoms with Gasteiger partial charge in [-0.25, -0.2) is 8.42 Å². The molecule has 1 saturated heterocycles. The number of rotatable bonds is 11. The number of ether oxygens (including phenoxy) is 1. The van der Waals surface area contributed by atoms with E-state index in [9.17, 15) is 18.0 Å². The van der Waals surface area contributed by atoms with E-state index in [2.05, 4.69) is 14.7 Å². The molecular weight excluding hydrogens is 532 g/mol. The molecule has 0 unspecified atom stereocenters. The average molecular weight is 561 g/mol. The molecule has 1 fully saturated rings. The van der Waals surface area contributed by atoms with Gasteiger partial charge in [-0.15, -0.1) is 0 Å². The Morgan fingerprint density at radius 2 is 1.89 bits per heavy atom. The maximum absolute atomic E-state index is 13.2. The lowest BCUT2D eigenvalue weighted by Crippen LogP contribution is -2.40. The molecule has 1 aliphatic rings. The van der Waals surface area contributed by atoms with Crippen molar-refractivity contribution in [2.45, 2.75) is 35.6 Å². The third-order valence-electron chi connectivity index (χ3n) is 5.89. The van der Waals surface area contributed by atoms with Gasteiger partial charge in [-0.2, -0.15) is 13.7 Å². The lowest BCUT2D eigenvalue weighted by atomic mass is 9.98. The molecular formula is C25H28N4O5S3. The second-order valence-corrected chi connectivity index (χ2v) is 12.0. The molecule has 1 aliphatic heterocycles. The van der Waals surface area contributed by atoms with Crippen LogP contribution in [0.4, 0.5) is 5.13 Å². The zero-order valence-corrected chi connectivity index (χ0v) is 22.8. The Bertz CT molecular complexity index is 1320. The first kappa shape index (κ1) is 27.2. The molecule has 0 spiro atoms. The number of ketones is 1. The number of thioether (sulfide) groups is 1. The summed E-state index contributed by atoms with van der Waals surface area (Å²) in [5.41, 5.74) is 1.46. The Kier molecular flexibility index (Phi) is 9.30. The molecule has 37 heavy (non-hydrogen) atoms. The number of carbonyl (C=O) groups is 2. The number of carbonyl (C=O) groups excluding carboxylic acids is 2. The first-order valence-electron chi connectivity index (χ1n) is 11.9. The van der Waals surface area contributed by atoms with E-state index in [1.807, 2.05) is 30.3 Å². The van der Waals surface area contributed by atoms with E-state index in [-0.39, 0.29) is 47.8 Å². The van der Waals surface area contributed by atoms with Gasteiger partial charge in [0.1, 0.15) is 0 Å². The molecule has 9 nitrogen and oxygen atoms in total. The molecule has 2 heterocycles. The van der Waals surface area contributed by atoms with Crippen LogP contribution in [0.25, 0.3) is 0 Å². The average Bonchev–Trinajstić information content (AvgIpc) is 3.39. The number of hydrogen-bond donors (Lipinski definition) is 1. The second kappa shape index (κ2) is 12.6. The molecule has 2 aromatic carbocycles. The molecule has 3 aromatic rings. The summed E-state index contributed by atoms with van der Waals surface area (Å²) in [4.78, 5) is 29.2. The monoisotopic (exact) mass is 560 g/mol. The number of piperidine rings is 1. The Morgan fingerprint density at radius 3 is 2.62 bits per heavy atom. The predicted molar refractivity (Wildman–Crippen MR) is 143 cm³/mol. The van der Waals surface area contributed by atoms with Gasteiger partial charge in [0.25, 0.3) is 0 Å². The zero-order chi connectivity index (χ0) is 26.3. The highest BCUT2D eigenvalue weighted by atomic mass is 32.2. The van der Waals surface area contributed by atoms with Crippen LogP contribution in [0.3, 0.4) is 0 Å². The molecule has 1 aromatic heterocycles. The van der Waals surface area contributed by atoms with Crippen LogP contribution in [0.1, 0.15) is 35.7 Å². The molecule has 0 aliphatic carbocycles. The molecule has 0 saturated carbocycles. The van der Waals surface area contributed by atoms with Gasteiger partial charge in [-0.3, -0.25) is 9.59 Å². The van der Waals surface area contributed by atoms with E-state index in [4.69, 9.17) is 4.74 Å². The van der Waals surface area contributed by atoms with Crippen molar-refractivity contribution >= 4 is 50.2 Å². The fourth-order valence-corrected chi connectivity index (χ4v) is 6.90. The lowest BCUT2D eigenvalue weighted by molar-refractivity contribution is -0.149. The Morgan fingerprint density at radius 1 is 1.14 bits per heavy atom. The van der Waals surface area contributed by atoms with Crippen LogP contribution < -0.4 is 5.32 Å². The Labute approximate surface area is 224 Å². The lowest BCUT2D eigenvalue weighted by Gasteiger charge is -2.30. The molecule has 0 amide bonds. The fraction of sp³-hybridized carbons (Fsp3) is 0.360. The molecule has 1 N–H and O–H groups in total. The molecule has 0 radical (unpaired) electrons. The van der Waals surface area contributed by atoms with Gasteiger partial charge in [0.15, 0.2) is 5.78 Å². The van der Waals surface area contributed by atoms with Crippen LogP contribution in [0.2, 0.25) is 0 Å². The fourth-order valence-electron chi connectivity index (χ4n) is 3.89. The van der Waals surface area contributed by atoms with Crippen molar-refractivity contribution in [1.29, 1.82) is 0 Å². The van der Waals surface area contributed by atoms with E-state index in [0.29, 0.717) is 29.7 Å². The molecule has 0 bridgehead atoms. The van der Waals surface area contributed by atoms with E-state index in [1.54, 1.807) is 19.1 Å². The Hall–Kier alpha value is -2.80. The number of hydrogen-bond acceptors (Lipinski definition) is 10. The number of aromatic nitrogens is 2. The van der Waals surface area contributed by atoms with Gasteiger partial charge in [-0.1, -0.05) is 54.2 Å². The van der Waals surface area contributed by atoms with Crippen molar-refractivity contribution in [3.05, 3.63) is 65.7 Å². The highest BCUT2D eigenvalue weighted by Gasteiger charge is 2.33. The molecule has 0 atom stereocenters.